The minimum absolute atomic E-state index is 0.146. The van der Waals surface area contributed by atoms with Crippen LogP contribution in [0.1, 0.15) is 5.56 Å². The molecule has 0 aromatic heterocycles. The first-order valence-electron chi connectivity index (χ1n) is 7.44. The van der Waals surface area contributed by atoms with E-state index in [-0.39, 0.29) is 31.5 Å². The number of halogens is 1. The Morgan fingerprint density at radius 3 is 2.58 bits per heavy atom. The van der Waals surface area contributed by atoms with Crippen LogP contribution >= 0.6 is 0 Å². The molecule has 0 unspecified atom stereocenters. The van der Waals surface area contributed by atoms with Gasteiger partial charge in [-0.2, -0.15) is 0 Å². The zero-order valence-electron chi connectivity index (χ0n) is 13.3. The molecular formula is C19H18FNO3. The van der Waals surface area contributed by atoms with Gasteiger partial charge in [0.25, 0.3) is 5.91 Å². The molecule has 2 aromatic carbocycles. The molecule has 0 fully saturated rings. The molecule has 0 spiro atoms. The van der Waals surface area contributed by atoms with Gasteiger partial charge in [-0.1, -0.05) is 30.0 Å². The van der Waals surface area contributed by atoms with Gasteiger partial charge >= 0.3 is 0 Å². The molecule has 0 saturated carbocycles. The molecule has 2 rings (SSSR count). The highest BCUT2D eigenvalue weighted by Gasteiger charge is 2.01. The van der Waals surface area contributed by atoms with Crippen molar-refractivity contribution in [1.29, 1.82) is 0 Å². The number of nitrogens with one attached hydrogen (secondary N) is 1. The van der Waals surface area contributed by atoms with Gasteiger partial charge in [0.2, 0.25) is 0 Å². The SMILES string of the molecule is Cc1ccccc1OCC#CCNC(=O)COc1ccc(F)cc1. The molecule has 0 aliphatic carbocycles. The first kappa shape index (κ1) is 17.4. The van der Waals surface area contributed by atoms with Gasteiger partial charge in [0, 0.05) is 0 Å². The average molecular weight is 327 g/mol. The van der Waals surface area contributed by atoms with Crippen molar-refractivity contribution >= 4 is 5.91 Å². The van der Waals surface area contributed by atoms with Gasteiger partial charge in [-0.15, -0.1) is 0 Å². The molecule has 124 valence electrons. The molecular weight excluding hydrogens is 309 g/mol. The van der Waals surface area contributed by atoms with Crippen molar-refractivity contribution in [1.82, 2.24) is 5.32 Å². The molecule has 4 nitrogen and oxygen atoms in total. The largest absolute Gasteiger partial charge is 0.484 e. The van der Waals surface area contributed by atoms with E-state index in [0.717, 1.165) is 11.3 Å². The lowest BCUT2D eigenvalue weighted by Gasteiger charge is -2.05. The number of hydrogen-bond acceptors (Lipinski definition) is 3. The number of carbonyl (C=O) groups is 1. The third-order valence-corrected chi connectivity index (χ3v) is 3.08. The van der Waals surface area contributed by atoms with E-state index in [0.29, 0.717) is 5.75 Å². The summed E-state index contributed by atoms with van der Waals surface area (Å²) in [5.41, 5.74) is 1.05. The van der Waals surface area contributed by atoms with Crippen LogP contribution in [0.25, 0.3) is 0 Å². The third-order valence-electron chi connectivity index (χ3n) is 3.08. The fourth-order valence-corrected chi connectivity index (χ4v) is 1.82. The Morgan fingerprint density at radius 2 is 1.83 bits per heavy atom. The van der Waals surface area contributed by atoms with Crippen molar-refractivity contribution < 1.29 is 18.7 Å². The van der Waals surface area contributed by atoms with Crippen LogP contribution in [0.15, 0.2) is 48.5 Å². The number of aryl methyl sites for hydroxylation is 1. The summed E-state index contributed by atoms with van der Waals surface area (Å²) in [6, 6.07) is 13.2. The Morgan fingerprint density at radius 1 is 1.08 bits per heavy atom. The molecule has 0 aliphatic heterocycles. The minimum atomic E-state index is -0.352. The maximum Gasteiger partial charge on any atom is 0.258 e. The molecule has 5 heteroatoms. The summed E-state index contributed by atoms with van der Waals surface area (Å²) in [7, 11) is 0. The number of rotatable bonds is 6. The highest BCUT2D eigenvalue weighted by Crippen LogP contribution is 2.15. The van der Waals surface area contributed by atoms with E-state index in [1.54, 1.807) is 0 Å². The number of para-hydroxylation sites is 1. The van der Waals surface area contributed by atoms with Crippen LogP contribution in [0, 0.1) is 24.6 Å². The molecule has 1 amide bonds. The van der Waals surface area contributed by atoms with E-state index in [4.69, 9.17) is 9.47 Å². The number of carbonyl (C=O) groups excluding carboxylic acids is 1. The monoisotopic (exact) mass is 327 g/mol. The van der Waals surface area contributed by atoms with Crippen molar-refractivity contribution in [3.63, 3.8) is 0 Å². The summed E-state index contributed by atoms with van der Waals surface area (Å²) in [5.74, 6) is 6.21. The second-order valence-corrected chi connectivity index (χ2v) is 4.93. The molecule has 0 bridgehead atoms. The Kier molecular flexibility index (Phi) is 6.66. The van der Waals surface area contributed by atoms with Crippen LogP contribution in [0.5, 0.6) is 11.5 Å². The number of amides is 1. The van der Waals surface area contributed by atoms with Gasteiger partial charge < -0.3 is 14.8 Å². The van der Waals surface area contributed by atoms with Crippen molar-refractivity contribution in [3.8, 4) is 23.3 Å². The van der Waals surface area contributed by atoms with Crippen molar-refractivity contribution in [2.24, 2.45) is 0 Å². The van der Waals surface area contributed by atoms with E-state index in [9.17, 15) is 9.18 Å². The van der Waals surface area contributed by atoms with E-state index >= 15 is 0 Å². The lowest BCUT2D eigenvalue weighted by atomic mass is 10.2. The summed E-state index contributed by atoms with van der Waals surface area (Å²) in [6.45, 7) is 2.28. The average Bonchev–Trinajstić information content (AvgIpc) is 2.59. The molecule has 0 heterocycles. The Bertz CT molecular complexity index is 732. The Hall–Kier alpha value is -3.00. The van der Waals surface area contributed by atoms with Crippen molar-refractivity contribution in [3.05, 3.63) is 59.9 Å². The predicted octanol–water partition coefficient (Wildman–Crippen LogP) is 2.71. The van der Waals surface area contributed by atoms with Crippen LogP contribution in [-0.4, -0.2) is 25.7 Å². The van der Waals surface area contributed by atoms with Gasteiger partial charge in [-0.3, -0.25) is 4.79 Å². The lowest BCUT2D eigenvalue weighted by molar-refractivity contribution is -0.122. The summed E-state index contributed by atoms with van der Waals surface area (Å²) < 4.78 is 23.5. The fourth-order valence-electron chi connectivity index (χ4n) is 1.82. The molecule has 24 heavy (non-hydrogen) atoms. The van der Waals surface area contributed by atoms with Gasteiger partial charge in [0.15, 0.2) is 6.61 Å². The van der Waals surface area contributed by atoms with Gasteiger partial charge in [-0.05, 0) is 42.8 Å². The molecule has 2 aromatic rings. The molecule has 0 atom stereocenters. The quantitative estimate of drug-likeness (QED) is 0.830. The zero-order chi connectivity index (χ0) is 17.2. The van der Waals surface area contributed by atoms with Crippen LogP contribution in [0.3, 0.4) is 0 Å². The van der Waals surface area contributed by atoms with E-state index in [2.05, 4.69) is 17.2 Å². The zero-order valence-corrected chi connectivity index (χ0v) is 13.3. The fraction of sp³-hybridized carbons (Fsp3) is 0.211. The second-order valence-electron chi connectivity index (χ2n) is 4.93. The molecule has 1 N–H and O–H groups in total. The van der Waals surface area contributed by atoms with E-state index < -0.39 is 0 Å². The normalized spacial score (nSPS) is 9.58. The van der Waals surface area contributed by atoms with Crippen LogP contribution in [0.2, 0.25) is 0 Å². The summed E-state index contributed by atoms with van der Waals surface area (Å²) >= 11 is 0. The Balaban J connectivity index is 1.62. The van der Waals surface area contributed by atoms with Crippen molar-refractivity contribution in [2.75, 3.05) is 19.8 Å². The second kappa shape index (κ2) is 9.21. The van der Waals surface area contributed by atoms with Crippen LogP contribution in [0.4, 0.5) is 4.39 Å². The summed E-state index contributed by atoms with van der Waals surface area (Å²) in [6.07, 6.45) is 0. The third kappa shape index (κ3) is 6.01. The standard InChI is InChI=1S/C19H18FNO3/c1-15-6-2-3-7-18(15)23-13-5-4-12-21-19(22)14-24-17-10-8-16(20)9-11-17/h2-3,6-11H,12-14H2,1H3,(H,21,22). The summed E-state index contributed by atoms with van der Waals surface area (Å²) in [5, 5.41) is 2.61. The highest BCUT2D eigenvalue weighted by atomic mass is 19.1. The highest BCUT2D eigenvalue weighted by molar-refractivity contribution is 5.77. The molecule has 0 aliphatic rings. The first-order chi connectivity index (χ1) is 11.6. The smallest absolute Gasteiger partial charge is 0.258 e. The maximum atomic E-state index is 12.7. The van der Waals surface area contributed by atoms with Gasteiger partial charge in [-0.25, -0.2) is 4.39 Å². The predicted molar refractivity (Wildman–Crippen MR) is 89.4 cm³/mol. The maximum absolute atomic E-state index is 12.7. The van der Waals surface area contributed by atoms with Crippen LogP contribution < -0.4 is 14.8 Å². The molecule has 0 radical (unpaired) electrons. The first-order valence-corrected chi connectivity index (χ1v) is 7.44. The number of benzene rings is 2. The lowest BCUT2D eigenvalue weighted by Crippen LogP contribution is -2.29. The van der Waals surface area contributed by atoms with E-state index in [1.165, 1.54) is 24.3 Å². The molecule has 0 saturated heterocycles. The number of ether oxygens (including phenoxy) is 2. The van der Waals surface area contributed by atoms with E-state index in [1.807, 2.05) is 31.2 Å². The minimum Gasteiger partial charge on any atom is -0.484 e. The van der Waals surface area contributed by atoms with Gasteiger partial charge in [0.1, 0.15) is 23.9 Å². The number of hydrogen-bond donors (Lipinski definition) is 1. The summed E-state index contributed by atoms with van der Waals surface area (Å²) in [4.78, 5) is 11.6. The van der Waals surface area contributed by atoms with Crippen LogP contribution in [-0.2, 0) is 4.79 Å². The van der Waals surface area contributed by atoms with Crippen molar-refractivity contribution in [2.45, 2.75) is 6.92 Å². The topological polar surface area (TPSA) is 47.6 Å². The van der Waals surface area contributed by atoms with Gasteiger partial charge in [0.05, 0.1) is 6.54 Å². The Labute approximate surface area is 140 Å².